The van der Waals surface area contributed by atoms with E-state index in [-0.39, 0.29) is 0 Å². The lowest BCUT2D eigenvalue weighted by molar-refractivity contribution is 0.128. The number of nitrogens with zero attached hydrogens (tertiary/aromatic N) is 2. The molecule has 1 atom stereocenters. The summed E-state index contributed by atoms with van der Waals surface area (Å²) >= 11 is 0. The number of unbranched alkanes of at least 4 members (excludes halogenated alkanes) is 1. The molecule has 0 bridgehead atoms. The highest BCUT2D eigenvalue weighted by Gasteiger charge is 2.03. The van der Waals surface area contributed by atoms with E-state index in [2.05, 4.69) is 43.4 Å². The van der Waals surface area contributed by atoms with Crippen LogP contribution in [0.2, 0.25) is 0 Å². The Morgan fingerprint density at radius 1 is 1.32 bits per heavy atom. The van der Waals surface area contributed by atoms with E-state index in [1.54, 1.807) is 0 Å². The molecular formula is C15H29N3O. The van der Waals surface area contributed by atoms with Crippen molar-refractivity contribution in [1.29, 1.82) is 0 Å². The molecule has 0 amide bonds. The summed E-state index contributed by atoms with van der Waals surface area (Å²) < 4.78 is 7.56. The van der Waals surface area contributed by atoms with Gasteiger partial charge in [0, 0.05) is 32.0 Å². The van der Waals surface area contributed by atoms with Gasteiger partial charge in [-0.25, -0.2) is 0 Å². The van der Waals surface area contributed by atoms with E-state index in [0.29, 0.717) is 6.04 Å². The Labute approximate surface area is 117 Å². The molecule has 19 heavy (non-hydrogen) atoms. The third kappa shape index (κ3) is 6.73. The van der Waals surface area contributed by atoms with Crippen LogP contribution in [0, 0.1) is 0 Å². The Balaban J connectivity index is 2.04. The Bertz CT molecular complexity index is 325. The minimum absolute atomic E-state index is 0.487. The molecule has 0 aliphatic carbocycles. The maximum Gasteiger partial charge on any atom is 0.0762 e. The van der Waals surface area contributed by atoms with Gasteiger partial charge in [0.1, 0.15) is 0 Å². The summed E-state index contributed by atoms with van der Waals surface area (Å²) in [7, 11) is 0. The van der Waals surface area contributed by atoms with Crippen LogP contribution in [-0.4, -0.2) is 29.5 Å². The predicted octanol–water partition coefficient (Wildman–Crippen LogP) is 3.15. The van der Waals surface area contributed by atoms with Gasteiger partial charge in [-0.15, -0.1) is 0 Å². The zero-order valence-electron chi connectivity index (χ0n) is 12.7. The molecule has 0 fully saturated rings. The zero-order chi connectivity index (χ0) is 13.9. The lowest BCUT2D eigenvalue weighted by Crippen LogP contribution is -2.17. The fourth-order valence-corrected chi connectivity index (χ4v) is 1.77. The first-order valence-electron chi connectivity index (χ1n) is 7.60. The maximum atomic E-state index is 5.52. The van der Waals surface area contributed by atoms with Gasteiger partial charge in [-0.3, -0.25) is 4.68 Å². The molecule has 1 unspecified atom stereocenters. The summed E-state index contributed by atoms with van der Waals surface area (Å²) in [6.45, 7) is 10.1. The van der Waals surface area contributed by atoms with Crippen LogP contribution in [0.25, 0.3) is 0 Å². The van der Waals surface area contributed by atoms with Gasteiger partial charge in [0.15, 0.2) is 0 Å². The summed E-state index contributed by atoms with van der Waals surface area (Å²) in [5.74, 6) is 0. The van der Waals surface area contributed by atoms with Crippen molar-refractivity contribution in [1.82, 2.24) is 15.1 Å². The van der Waals surface area contributed by atoms with Crippen molar-refractivity contribution >= 4 is 0 Å². The first-order chi connectivity index (χ1) is 9.27. The summed E-state index contributed by atoms with van der Waals surface area (Å²) in [5.41, 5.74) is 1.12. The van der Waals surface area contributed by atoms with Crippen LogP contribution in [0.15, 0.2) is 12.3 Å². The number of hydrogen-bond acceptors (Lipinski definition) is 3. The number of hydrogen-bond donors (Lipinski definition) is 1. The largest absolute Gasteiger partial charge is 0.381 e. The second-order valence-electron chi connectivity index (χ2n) is 5.04. The smallest absolute Gasteiger partial charge is 0.0762 e. The predicted molar refractivity (Wildman–Crippen MR) is 79.3 cm³/mol. The Morgan fingerprint density at radius 2 is 2.11 bits per heavy atom. The van der Waals surface area contributed by atoms with E-state index in [9.17, 15) is 0 Å². The molecule has 0 aliphatic heterocycles. The van der Waals surface area contributed by atoms with Crippen molar-refractivity contribution in [3.05, 3.63) is 18.0 Å². The van der Waals surface area contributed by atoms with E-state index < -0.39 is 0 Å². The Kier molecular flexibility index (Phi) is 8.50. The molecule has 4 nitrogen and oxygen atoms in total. The van der Waals surface area contributed by atoms with E-state index in [1.165, 1.54) is 12.8 Å². The second-order valence-corrected chi connectivity index (χ2v) is 5.04. The Hall–Kier alpha value is -0.870. The van der Waals surface area contributed by atoms with Crippen LogP contribution < -0.4 is 5.32 Å². The van der Waals surface area contributed by atoms with Gasteiger partial charge in [0.05, 0.1) is 5.69 Å². The average molecular weight is 267 g/mol. The molecule has 1 rings (SSSR count). The first-order valence-corrected chi connectivity index (χ1v) is 7.60. The molecule has 0 aliphatic rings. The van der Waals surface area contributed by atoms with Crippen molar-refractivity contribution in [3.63, 3.8) is 0 Å². The topological polar surface area (TPSA) is 39.1 Å². The molecule has 1 aromatic heterocycles. The van der Waals surface area contributed by atoms with Gasteiger partial charge >= 0.3 is 0 Å². The normalized spacial score (nSPS) is 12.8. The van der Waals surface area contributed by atoms with Gasteiger partial charge in [0.2, 0.25) is 0 Å². The van der Waals surface area contributed by atoms with Crippen LogP contribution in [0.1, 0.15) is 58.2 Å². The van der Waals surface area contributed by atoms with Gasteiger partial charge < -0.3 is 10.1 Å². The van der Waals surface area contributed by atoms with Crippen molar-refractivity contribution < 1.29 is 4.74 Å². The molecule has 4 heteroatoms. The van der Waals surface area contributed by atoms with Crippen molar-refractivity contribution in [2.45, 2.75) is 59.0 Å². The van der Waals surface area contributed by atoms with Crippen molar-refractivity contribution in [2.75, 3.05) is 19.8 Å². The minimum atomic E-state index is 0.487. The molecule has 0 saturated carbocycles. The van der Waals surface area contributed by atoms with Crippen LogP contribution in [0.3, 0.4) is 0 Å². The molecular weight excluding hydrogens is 238 g/mol. The van der Waals surface area contributed by atoms with E-state index in [4.69, 9.17) is 4.74 Å². The molecule has 1 aromatic rings. The molecule has 0 radical (unpaired) electrons. The third-order valence-corrected chi connectivity index (χ3v) is 3.30. The Morgan fingerprint density at radius 3 is 2.84 bits per heavy atom. The number of rotatable bonds is 11. The zero-order valence-corrected chi connectivity index (χ0v) is 12.7. The molecule has 0 aromatic carbocycles. The highest BCUT2D eigenvalue weighted by Crippen LogP contribution is 2.08. The molecule has 1 heterocycles. The van der Waals surface area contributed by atoms with Gasteiger partial charge in [-0.1, -0.05) is 20.3 Å². The van der Waals surface area contributed by atoms with Gasteiger partial charge in [0.25, 0.3) is 0 Å². The summed E-state index contributed by atoms with van der Waals surface area (Å²) in [4.78, 5) is 0. The second kappa shape index (κ2) is 9.98. The van der Waals surface area contributed by atoms with Crippen LogP contribution in [0.5, 0.6) is 0 Å². The number of aromatic nitrogens is 2. The van der Waals surface area contributed by atoms with E-state index in [0.717, 1.165) is 44.8 Å². The number of nitrogens with one attached hydrogen (secondary N) is 1. The average Bonchev–Trinajstić information content (AvgIpc) is 2.89. The highest BCUT2D eigenvalue weighted by molar-refractivity contribution is 4.99. The SMILES string of the molecule is CCCCOCCCNCc1ccn(C(C)CC)n1. The third-order valence-electron chi connectivity index (χ3n) is 3.30. The molecule has 0 saturated heterocycles. The lowest BCUT2D eigenvalue weighted by Gasteiger charge is -2.08. The summed E-state index contributed by atoms with van der Waals surface area (Å²) in [6, 6.07) is 2.58. The van der Waals surface area contributed by atoms with Crippen molar-refractivity contribution in [3.8, 4) is 0 Å². The van der Waals surface area contributed by atoms with Crippen LogP contribution in [0.4, 0.5) is 0 Å². The van der Waals surface area contributed by atoms with Gasteiger partial charge in [-0.2, -0.15) is 5.10 Å². The van der Waals surface area contributed by atoms with Crippen molar-refractivity contribution in [2.24, 2.45) is 0 Å². The number of ether oxygens (including phenoxy) is 1. The first kappa shape index (κ1) is 16.2. The minimum Gasteiger partial charge on any atom is -0.381 e. The highest BCUT2D eigenvalue weighted by atomic mass is 16.5. The molecule has 1 N–H and O–H groups in total. The van der Waals surface area contributed by atoms with Crippen LogP contribution in [-0.2, 0) is 11.3 Å². The maximum absolute atomic E-state index is 5.52. The monoisotopic (exact) mass is 267 g/mol. The van der Waals surface area contributed by atoms with E-state index in [1.807, 2.05) is 4.68 Å². The lowest BCUT2D eigenvalue weighted by atomic mass is 10.3. The van der Waals surface area contributed by atoms with E-state index >= 15 is 0 Å². The van der Waals surface area contributed by atoms with Gasteiger partial charge in [-0.05, 0) is 38.8 Å². The summed E-state index contributed by atoms with van der Waals surface area (Å²) in [6.07, 6.45) is 6.62. The fourth-order valence-electron chi connectivity index (χ4n) is 1.77. The molecule has 110 valence electrons. The molecule has 0 spiro atoms. The van der Waals surface area contributed by atoms with Crippen LogP contribution >= 0.6 is 0 Å². The summed E-state index contributed by atoms with van der Waals surface area (Å²) in [5, 5.41) is 7.97. The quantitative estimate of drug-likeness (QED) is 0.626. The fraction of sp³-hybridized carbons (Fsp3) is 0.800. The standard InChI is InChI=1S/C15H29N3O/c1-4-6-11-19-12-7-9-16-13-15-8-10-18(17-15)14(3)5-2/h8,10,14,16H,4-7,9,11-13H2,1-3H3.